The first-order valence-electron chi connectivity index (χ1n) is 4.72. The highest BCUT2D eigenvalue weighted by Gasteiger charge is 2.50. The molecule has 60 valence electrons. The number of aliphatic hydroxyl groups is 1. The molecule has 1 nitrogen and oxygen atoms in total. The van der Waals surface area contributed by atoms with Crippen LogP contribution in [0.2, 0.25) is 0 Å². The zero-order chi connectivity index (χ0) is 7.42. The number of fused-ring (bicyclic) bond motifs is 5. The number of rotatable bonds is 0. The number of hydrogen-bond donors (Lipinski definition) is 1. The van der Waals surface area contributed by atoms with E-state index < -0.39 is 0 Å². The lowest BCUT2D eigenvalue weighted by Gasteiger charge is -2.26. The third kappa shape index (κ3) is 0.652. The molecule has 11 heavy (non-hydrogen) atoms. The third-order valence-electron chi connectivity index (χ3n) is 3.97. The van der Waals surface area contributed by atoms with Crippen LogP contribution in [0.25, 0.3) is 0 Å². The van der Waals surface area contributed by atoms with Crippen molar-refractivity contribution in [1.29, 1.82) is 0 Å². The SMILES string of the molecule is O[C@H]1C=CC2C1[C@H]1CC[C@@H]2C1. The van der Waals surface area contributed by atoms with Crippen LogP contribution >= 0.6 is 0 Å². The normalized spacial score (nSPS) is 58.8. The molecule has 0 aliphatic heterocycles. The lowest BCUT2D eigenvalue weighted by Crippen LogP contribution is -2.25. The largest absolute Gasteiger partial charge is 0.389 e. The van der Waals surface area contributed by atoms with E-state index in [1.807, 2.05) is 6.08 Å². The summed E-state index contributed by atoms with van der Waals surface area (Å²) >= 11 is 0. The second kappa shape index (κ2) is 1.89. The topological polar surface area (TPSA) is 20.2 Å². The molecule has 3 rings (SSSR count). The van der Waals surface area contributed by atoms with Gasteiger partial charge in [0.1, 0.15) is 0 Å². The summed E-state index contributed by atoms with van der Waals surface area (Å²) in [6, 6.07) is 0. The molecule has 0 aromatic heterocycles. The lowest BCUT2D eigenvalue weighted by molar-refractivity contribution is 0.105. The van der Waals surface area contributed by atoms with Gasteiger partial charge in [-0.15, -0.1) is 0 Å². The smallest absolute Gasteiger partial charge is 0.0757 e. The van der Waals surface area contributed by atoms with E-state index in [-0.39, 0.29) is 6.10 Å². The van der Waals surface area contributed by atoms with Crippen molar-refractivity contribution < 1.29 is 5.11 Å². The second-order valence-corrected chi connectivity index (χ2v) is 4.36. The Morgan fingerprint density at radius 1 is 1.09 bits per heavy atom. The van der Waals surface area contributed by atoms with Crippen LogP contribution in [-0.4, -0.2) is 11.2 Å². The predicted molar refractivity (Wildman–Crippen MR) is 43.0 cm³/mol. The van der Waals surface area contributed by atoms with Crippen LogP contribution in [0.15, 0.2) is 12.2 Å². The van der Waals surface area contributed by atoms with Gasteiger partial charge in [0, 0.05) is 0 Å². The highest BCUT2D eigenvalue weighted by molar-refractivity contribution is 5.16. The molecule has 3 aliphatic carbocycles. The predicted octanol–water partition coefficient (Wildman–Crippen LogP) is 1.58. The molecule has 0 amide bonds. The molecule has 0 spiro atoms. The summed E-state index contributed by atoms with van der Waals surface area (Å²) in [4.78, 5) is 0. The van der Waals surface area contributed by atoms with Gasteiger partial charge in [0.05, 0.1) is 6.10 Å². The Balaban J connectivity index is 1.96. The summed E-state index contributed by atoms with van der Waals surface area (Å²) in [6.07, 6.45) is 8.37. The third-order valence-corrected chi connectivity index (χ3v) is 3.97. The molecular weight excluding hydrogens is 136 g/mol. The highest BCUT2D eigenvalue weighted by Crippen LogP contribution is 2.56. The van der Waals surface area contributed by atoms with Crippen molar-refractivity contribution in [1.82, 2.24) is 0 Å². The van der Waals surface area contributed by atoms with Gasteiger partial charge in [-0.05, 0) is 42.9 Å². The van der Waals surface area contributed by atoms with Crippen molar-refractivity contribution in [3.8, 4) is 0 Å². The van der Waals surface area contributed by atoms with E-state index in [9.17, 15) is 5.11 Å². The van der Waals surface area contributed by atoms with E-state index in [0.717, 1.165) is 17.8 Å². The van der Waals surface area contributed by atoms with Gasteiger partial charge in [-0.2, -0.15) is 0 Å². The van der Waals surface area contributed by atoms with Gasteiger partial charge in [0.25, 0.3) is 0 Å². The van der Waals surface area contributed by atoms with Crippen molar-refractivity contribution in [2.75, 3.05) is 0 Å². The lowest BCUT2D eigenvalue weighted by atomic mass is 9.80. The van der Waals surface area contributed by atoms with Crippen LogP contribution in [-0.2, 0) is 0 Å². The fraction of sp³-hybridized carbons (Fsp3) is 0.800. The fourth-order valence-corrected chi connectivity index (χ4v) is 3.54. The van der Waals surface area contributed by atoms with E-state index in [1.54, 1.807) is 0 Å². The standard InChI is InChI=1S/C10H14O/c11-9-4-3-8-6-1-2-7(5-6)10(8)9/h3-4,6-11H,1-2,5H2/t6-,7+,8?,9+,10?/m1/s1. The number of aliphatic hydroxyl groups excluding tert-OH is 1. The van der Waals surface area contributed by atoms with Gasteiger partial charge < -0.3 is 5.11 Å². The van der Waals surface area contributed by atoms with Crippen molar-refractivity contribution in [3.05, 3.63) is 12.2 Å². The van der Waals surface area contributed by atoms with Crippen molar-refractivity contribution >= 4 is 0 Å². The van der Waals surface area contributed by atoms with Gasteiger partial charge in [-0.25, -0.2) is 0 Å². The van der Waals surface area contributed by atoms with Crippen LogP contribution in [0.5, 0.6) is 0 Å². The summed E-state index contributed by atoms with van der Waals surface area (Å²) in [7, 11) is 0. The number of allylic oxidation sites excluding steroid dienone is 1. The van der Waals surface area contributed by atoms with Crippen LogP contribution in [0, 0.1) is 23.7 Å². The highest BCUT2D eigenvalue weighted by atomic mass is 16.3. The summed E-state index contributed by atoms with van der Waals surface area (Å²) in [6.45, 7) is 0. The molecule has 2 unspecified atom stereocenters. The van der Waals surface area contributed by atoms with Gasteiger partial charge in [-0.3, -0.25) is 0 Å². The minimum absolute atomic E-state index is 0.102. The summed E-state index contributed by atoms with van der Waals surface area (Å²) in [5, 5.41) is 9.63. The van der Waals surface area contributed by atoms with Crippen molar-refractivity contribution in [3.63, 3.8) is 0 Å². The summed E-state index contributed by atoms with van der Waals surface area (Å²) < 4.78 is 0. The Bertz CT molecular complexity index is 209. The molecule has 0 aromatic rings. The van der Waals surface area contributed by atoms with E-state index in [0.29, 0.717) is 5.92 Å². The average Bonchev–Trinajstić information content (AvgIpc) is 2.60. The molecule has 0 heterocycles. The minimum Gasteiger partial charge on any atom is -0.389 e. The Morgan fingerprint density at radius 2 is 1.91 bits per heavy atom. The van der Waals surface area contributed by atoms with Crippen LogP contribution in [0.3, 0.4) is 0 Å². The molecule has 0 radical (unpaired) electrons. The van der Waals surface area contributed by atoms with Crippen LogP contribution in [0.4, 0.5) is 0 Å². The van der Waals surface area contributed by atoms with Gasteiger partial charge in [-0.1, -0.05) is 12.2 Å². The molecule has 3 aliphatic rings. The van der Waals surface area contributed by atoms with Gasteiger partial charge in [0.15, 0.2) is 0 Å². The Labute approximate surface area is 67.1 Å². The fourth-order valence-electron chi connectivity index (χ4n) is 3.54. The van der Waals surface area contributed by atoms with Gasteiger partial charge in [0.2, 0.25) is 0 Å². The molecular formula is C10H14O. The molecule has 0 aromatic carbocycles. The minimum atomic E-state index is -0.102. The number of hydrogen-bond acceptors (Lipinski definition) is 1. The molecule has 2 bridgehead atoms. The van der Waals surface area contributed by atoms with Crippen molar-refractivity contribution in [2.24, 2.45) is 23.7 Å². The second-order valence-electron chi connectivity index (χ2n) is 4.36. The first-order chi connectivity index (χ1) is 5.36. The van der Waals surface area contributed by atoms with E-state index in [4.69, 9.17) is 0 Å². The summed E-state index contributed by atoms with van der Waals surface area (Å²) in [5.41, 5.74) is 0. The van der Waals surface area contributed by atoms with Crippen LogP contribution in [0.1, 0.15) is 19.3 Å². The maximum absolute atomic E-state index is 9.63. The maximum atomic E-state index is 9.63. The maximum Gasteiger partial charge on any atom is 0.0757 e. The van der Waals surface area contributed by atoms with Crippen LogP contribution < -0.4 is 0 Å². The summed E-state index contributed by atoms with van der Waals surface area (Å²) in [5.74, 6) is 3.16. The quantitative estimate of drug-likeness (QED) is 0.520. The molecule has 0 saturated heterocycles. The first-order valence-corrected chi connectivity index (χ1v) is 4.72. The van der Waals surface area contributed by atoms with Crippen molar-refractivity contribution in [2.45, 2.75) is 25.4 Å². The molecule has 1 heteroatoms. The van der Waals surface area contributed by atoms with Gasteiger partial charge >= 0.3 is 0 Å². The molecule has 2 fully saturated rings. The molecule has 1 N–H and O–H groups in total. The first kappa shape index (κ1) is 6.24. The zero-order valence-corrected chi connectivity index (χ0v) is 6.61. The Morgan fingerprint density at radius 3 is 2.73 bits per heavy atom. The Hall–Kier alpha value is -0.300. The monoisotopic (exact) mass is 150 g/mol. The molecule has 5 atom stereocenters. The van der Waals surface area contributed by atoms with E-state index in [2.05, 4.69) is 6.08 Å². The van der Waals surface area contributed by atoms with E-state index >= 15 is 0 Å². The Kier molecular flexibility index (Phi) is 1.07. The van der Waals surface area contributed by atoms with E-state index in [1.165, 1.54) is 19.3 Å². The molecule has 2 saturated carbocycles. The average molecular weight is 150 g/mol. The zero-order valence-electron chi connectivity index (χ0n) is 6.61.